The van der Waals surface area contributed by atoms with Crippen molar-refractivity contribution in [2.45, 2.75) is 13.8 Å². The highest BCUT2D eigenvalue weighted by Crippen LogP contribution is 1.98. The van der Waals surface area contributed by atoms with E-state index in [2.05, 4.69) is 9.97 Å². The fourth-order valence-corrected chi connectivity index (χ4v) is 0.789. The van der Waals surface area contributed by atoms with E-state index in [0.29, 0.717) is 5.57 Å². The van der Waals surface area contributed by atoms with Crippen molar-refractivity contribution in [2.24, 2.45) is 0 Å². The maximum atomic E-state index is 11.4. The van der Waals surface area contributed by atoms with Crippen LogP contribution in [0.2, 0.25) is 0 Å². The number of hydrogen-bond acceptors (Lipinski definition) is 4. The van der Waals surface area contributed by atoms with Crippen LogP contribution in [0.3, 0.4) is 0 Å². The maximum absolute atomic E-state index is 11.4. The van der Waals surface area contributed by atoms with Crippen molar-refractivity contribution in [3.63, 3.8) is 0 Å². The maximum Gasteiger partial charge on any atom is 0.223 e. The molecule has 1 rings (SSSR count). The van der Waals surface area contributed by atoms with E-state index < -0.39 is 0 Å². The minimum absolute atomic E-state index is 0.105. The highest BCUT2D eigenvalue weighted by Gasteiger charge is 2.06. The predicted octanol–water partition coefficient (Wildman–Crippen LogP) is 1.19. The minimum atomic E-state index is -0.349. The molecular weight excluding hydrogens is 180 g/mol. The van der Waals surface area contributed by atoms with Gasteiger partial charge >= 0.3 is 0 Å². The van der Waals surface area contributed by atoms with Crippen molar-refractivity contribution in [3.05, 3.63) is 35.9 Å². The van der Waals surface area contributed by atoms with E-state index in [1.165, 1.54) is 25.4 Å². The summed E-state index contributed by atoms with van der Waals surface area (Å²) in [4.78, 5) is 29.8. The summed E-state index contributed by atoms with van der Waals surface area (Å²) in [5, 5.41) is 0. The molecule has 0 N–H and O–H groups in total. The number of hydrogen-bond donors (Lipinski definition) is 0. The van der Waals surface area contributed by atoms with Crippen LogP contribution in [0.4, 0.5) is 0 Å². The Hall–Kier alpha value is -1.84. The number of carbonyl (C=O) groups is 2. The van der Waals surface area contributed by atoms with E-state index in [4.69, 9.17) is 0 Å². The van der Waals surface area contributed by atoms with Crippen LogP contribution in [0, 0.1) is 0 Å². The molecule has 4 heteroatoms. The Labute approximate surface area is 81.7 Å². The van der Waals surface area contributed by atoms with Crippen LogP contribution in [-0.2, 0) is 4.79 Å². The van der Waals surface area contributed by atoms with Crippen LogP contribution in [0.1, 0.15) is 24.5 Å². The van der Waals surface area contributed by atoms with Crippen LogP contribution in [0.5, 0.6) is 0 Å². The van der Waals surface area contributed by atoms with Gasteiger partial charge in [-0.15, -0.1) is 0 Å². The predicted molar refractivity (Wildman–Crippen MR) is 50.8 cm³/mol. The SMILES string of the molecule is CC(=O)C(C)=CC(=O)c1ncccn1. The van der Waals surface area contributed by atoms with Gasteiger partial charge in [0.05, 0.1) is 0 Å². The summed E-state index contributed by atoms with van der Waals surface area (Å²) in [7, 11) is 0. The zero-order valence-electron chi connectivity index (χ0n) is 8.02. The lowest BCUT2D eigenvalue weighted by molar-refractivity contribution is -0.113. The monoisotopic (exact) mass is 190 g/mol. The lowest BCUT2D eigenvalue weighted by Crippen LogP contribution is -2.04. The van der Waals surface area contributed by atoms with E-state index in [9.17, 15) is 9.59 Å². The van der Waals surface area contributed by atoms with E-state index >= 15 is 0 Å². The number of nitrogens with zero attached hydrogens (tertiary/aromatic N) is 2. The van der Waals surface area contributed by atoms with Crippen LogP contribution in [0.15, 0.2) is 30.1 Å². The molecule has 1 aromatic rings. The van der Waals surface area contributed by atoms with Crippen LogP contribution < -0.4 is 0 Å². The normalized spacial score (nSPS) is 11.1. The zero-order chi connectivity index (χ0) is 10.6. The Morgan fingerprint density at radius 3 is 2.29 bits per heavy atom. The molecule has 0 aliphatic heterocycles. The molecule has 0 saturated carbocycles. The Balaban J connectivity index is 2.88. The highest BCUT2D eigenvalue weighted by molar-refractivity contribution is 6.07. The van der Waals surface area contributed by atoms with E-state index in [0.717, 1.165) is 0 Å². The summed E-state index contributed by atoms with van der Waals surface area (Å²) < 4.78 is 0. The molecule has 0 amide bonds. The Morgan fingerprint density at radius 2 is 1.79 bits per heavy atom. The molecule has 0 fully saturated rings. The second-order valence-corrected chi connectivity index (χ2v) is 2.82. The van der Waals surface area contributed by atoms with Gasteiger partial charge in [0.25, 0.3) is 0 Å². The Kier molecular flexibility index (Phi) is 3.23. The van der Waals surface area contributed by atoms with E-state index in [1.54, 1.807) is 13.0 Å². The summed E-state index contributed by atoms with van der Waals surface area (Å²) in [5.74, 6) is -0.374. The van der Waals surface area contributed by atoms with Gasteiger partial charge in [0.15, 0.2) is 11.6 Å². The highest BCUT2D eigenvalue weighted by atomic mass is 16.1. The van der Waals surface area contributed by atoms with Crippen molar-refractivity contribution in [1.29, 1.82) is 0 Å². The van der Waals surface area contributed by atoms with Gasteiger partial charge in [-0.25, -0.2) is 9.97 Å². The quantitative estimate of drug-likeness (QED) is 0.530. The molecule has 0 aliphatic rings. The molecule has 0 atom stereocenters. The number of carbonyl (C=O) groups excluding carboxylic acids is 2. The standard InChI is InChI=1S/C10H10N2O2/c1-7(8(2)13)6-9(14)10-11-4-3-5-12-10/h3-6H,1-2H3. The van der Waals surface area contributed by atoms with Gasteiger partial charge in [0.2, 0.25) is 5.78 Å². The third kappa shape index (κ3) is 2.58. The largest absolute Gasteiger partial charge is 0.295 e. The van der Waals surface area contributed by atoms with Gasteiger partial charge in [-0.1, -0.05) is 0 Å². The second-order valence-electron chi connectivity index (χ2n) is 2.82. The number of aromatic nitrogens is 2. The van der Waals surface area contributed by atoms with E-state index in [1.807, 2.05) is 0 Å². The van der Waals surface area contributed by atoms with Crippen molar-refractivity contribution in [3.8, 4) is 0 Å². The van der Waals surface area contributed by atoms with Crippen molar-refractivity contribution in [2.75, 3.05) is 0 Å². The molecule has 1 aromatic heterocycles. The van der Waals surface area contributed by atoms with Gasteiger partial charge in [-0.05, 0) is 31.6 Å². The summed E-state index contributed by atoms with van der Waals surface area (Å²) in [5.41, 5.74) is 0.405. The first-order chi connectivity index (χ1) is 6.61. The summed E-state index contributed by atoms with van der Waals surface area (Å²) in [6.07, 6.45) is 4.21. The fraction of sp³-hybridized carbons (Fsp3) is 0.200. The lowest BCUT2D eigenvalue weighted by Gasteiger charge is -1.94. The van der Waals surface area contributed by atoms with Crippen LogP contribution in [-0.4, -0.2) is 21.5 Å². The molecule has 0 bridgehead atoms. The topological polar surface area (TPSA) is 59.9 Å². The summed E-state index contributed by atoms with van der Waals surface area (Å²) >= 11 is 0. The van der Waals surface area contributed by atoms with Crippen molar-refractivity contribution in [1.82, 2.24) is 9.97 Å². The van der Waals surface area contributed by atoms with Gasteiger partial charge < -0.3 is 0 Å². The van der Waals surface area contributed by atoms with Crippen LogP contribution in [0.25, 0.3) is 0 Å². The Bertz CT molecular complexity index is 382. The van der Waals surface area contributed by atoms with E-state index in [-0.39, 0.29) is 17.4 Å². The lowest BCUT2D eigenvalue weighted by atomic mass is 10.1. The molecule has 0 unspecified atom stereocenters. The summed E-state index contributed by atoms with van der Waals surface area (Å²) in [6, 6.07) is 1.62. The number of Topliss-reactive ketones (excluding diaryl/α,β-unsaturated/α-hetero) is 1. The average Bonchev–Trinajstić information content (AvgIpc) is 2.19. The number of allylic oxidation sites excluding steroid dienone is 2. The van der Waals surface area contributed by atoms with Crippen molar-refractivity contribution < 1.29 is 9.59 Å². The first-order valence-electron chi connectivity index (χ1n) is 4.12. The first-order valence-corrected chi connectivity index (χ1v) is 4.12. The molecule has 14 heavy (non-hydrogen) atoms. The molecule has 1 heterocycles. The molecule has 0 radical (unpaired) electrons. The zero-order valence-corrected chi connectivity index (χ0v) is 8.02. The molecule has 0 saturated heterocycles. The van der Waals surface area contributed by atoms with Gasteiger partial charge in [-0.2, -0.15) is 0 Å². The number of ketones is 2. The van der Waals surface area contributed by atoms with Gasteiger partial charge in [-0.3, -0.25) is 9.59 Å². The van der Waals surface area contributed by atoms with Crippen molar-refractivity contribution >= 4 is 11.6 Å². The molecule has 0 aromatic carbocycles. The molecular formula is C10H10N2O2. The Morgan fingerprint density at radius 1 is 1.21 bits per heavy atom. The third-order valence-electron chi connectivity index (χ3n) is 1.69. The average molecular weight is 190 g/mol. The summed E-state index contributed by atoms with van der Waals surface area (Å²) in [6.45, 7) is 2.99. The molecule has 72 valence electrons. The van der Waals surface area contributed by atoms with Crippen LogP contribution >= 0.6 is 0 Å². The third-order valence-corrected chi connectivity index (χ3v) is 1.69. The molecule has 0 aliphatic carbocycles. The first kappa shape index (κ1) is 10.2. The molecule has 4 nitrogen and oxygen atoms in total. The second kappa shape index (κ2) is 4.41. The minimum Gasteiger partial charge on any atom is -0.295 e. The molecule has 0 spiro atoms. The smallest absolute Gasteiger partial charge is 0.223 e. The number of rotatable bonds is 3. The van der Waals surface area contributed by atoms with Gasteiger partial charge in [0, 0.05) is 12.4 Å². The fourth-order valence-electron chi connectivity index (χ4n) is 0.789. The van der Waals surface area contributed by atoms with Gasteiger partial charge in [0.1, 0.15) is 0 Å².